The molecule has 0 aromatic carbocycles. The molecule has 0 amide bonds. The van der Waals surface area contributed by atoms with Gasteiger partial charge in [0.25, 0.3) is 0 Å². The number of aromatic nitrogens is 1. The molecule has 21 heavy (non-hydrogen) atoms. The van der Waals surface area contributed by atoms with Gasteiger partial charge in [-0.15, -0.1) is 0 Å². The van der Waals surface area contributed by atoms with Crippen LogP contribution in [-0.2, 0) is 6.54 Å². The van der Waals surface area contributed by atoms with Gasteiger partial charge in [-0.2, -0.15) is 0 Å². The maximum absolute atomic E-state index is 5.93. The lowest BCUT2D eigenvalue weighted by atomic mass is 9.92. The van der Waals surface area contributed by atoms with Gasteiger partial charge in [0.2, 0.25) is 0 Å². The molecule has 7 N–H and O–H groups in total. The summed E-state index contributed by atoms with van der Waals surface area (Å²) >= 11 is 0. The van der Waals surface area contributed by atoms with Crippen molar-refractivity contribution in [2.75, 3.05) is 18.1 Å². The lowest BCUT2D eigenvalue weighted by Gasteiger charge is -2.27. The molecule has 1 aliphatic rings. The molecule has 0 bridgehead atoms. The lowest BCUT2D eigenvalue weighted by molar-refractivity contribution is 0.410. The van der Waals surface area contributed by atoms with Crippen LogP contribution in [0.1, 0.15) is 31.2 Å². The van der Waals surface area contributed by atoms with Crippen molar-refractivity contribution >= 4 is 11.6 Å². The Hall–Kier alpha value is -1.95. The van der Waals surface area contributed by atoms with Crippen LogP contribution in [0, 0.1) is 0 Å². The van der Waals surface area contributed by atoms with Crippen molar-refractivity contribution in [2.24, 2.45) is 5.73 Å². The first-order chi connectivity index (χ1) is 10.2. The molecule has 1 aromatic rings. The van der Waals surface area contributed by atoms with E-state index in [9.17, 15) is 0 Å². The van der Waals surface area contributed by atoms with Gasteiger partial charge in [-0.1, -0.05) is 0 Å². The summed E-state index contributed by atoms with van der Waals surface area (Å²) in [5, 5.41) is 9.61. The number of rotatable bonds is 6. The Morgan fingerprint density at radius 3 is 2.71 bits per heavy atom. The quantitative estimate of drug-likeness (QED) is 0.538. The molecule has 6 nitrogen and oxygen atoms in total. The summed E-state index contributed by atoms with van der Waals surface area (Å²) in [4.78, 5) is 4.37. The number of pyridine rings is 1. The summed E-state index contributed by atoms with van der Waals surface area (Å²) in [6, 6.07) is 4.74. The Labute approximate surface area is 126 Å². The molecule has 6 heteroatoms. The van der Waals surface area contributed by atoms with Crippen molar-refractivity contribution in [3.8, 4) is 0 Å². The molecule has 1 saturated carbocycles. The van der Waals surface area contributed by atoms with Crippen molar-refractivity contribution in [3.05, 3.63) is 30.1 Å². The Morgan fingerprint density at radius 2 is 2.00 bits per heavy atom. The van der Waals surface area contributed by atoms with Gasteiger partial charge in [-0.05, 0) is 43.4 Å². The van der Waals surface area contributed by atoms with Crippen molar-refractivity contribution in [3.63, 3.8) is 0 Å². The predicted molar refractivity (Wildman–Crippen MR) is 87.5 cm³/mol. The van der Waals surface area contributed by atoms with Gasteiger partial charge in [-0.3, -0.25) is 0 Å². The zero-order chi connectivity index (χ0) is 15.1. The fourth-order valence-electron chi connectivity index (χ4n) is 2.58. The highest BCUT2D eigenvalue weighted by atomic mass is 15.0. The van der Waals surface area contributed by atoms with Crippen LogP contribution in [0.5, 0.6) is 0 Å². The minimum absolute atomic E-state index is 0.357. The molecule has 0 spiro atoms. The van der Waals surface area contributed by atoms with E-state index in [1.165, 1.54) is 0 Å². The SMILES string of the molecule is CN/C=C\NCc1cc(N)nc(NC2CCC(N)CC2)c1. The van der Waals surface area contributed by atoms with Crippen LogP contribution in [0.15, 0.2) is 24.5 Å². The number of nitrogen functional groups attached to an aromatic ring is 1. The fourth-order valence-corrected chi connectivity index (χ4v) is 2.58. The van der Waals surface area contributed by atoms with E-state index in [0.29, 0.717) is 17.9 Å². The summed E-state index contributed by atoms with van der Waals surface area (Å²) in [6.07, 6.45) is 8.04. The number of nitrogens with one attached hydrogen (secondary N) is 3. The normalized spacial score (nSPS) is 22.2. The second-order valence-corrected chi connectivity index (χ2v) is 5.54. The topological polar surface area (TPSA) is 101 Å². The third-order valence-corrected chi connectivity index (χ3v) is 3.70. The molecule has 1 aliphatic carbocycles. The minimum atomic E-state index is 0.357. The van der Waals surface area contributed by atoms with E-state index in [1.807, 2.05) is 31.6 Å². The Morgan fingerprint density at radius 1 is 1.24 bits per heavy atom. The molecular formula is C15H26N6. The van der Waals surface area contributed by atoms with Crippen LogP contribution in [0.2, 0.25) is 0 Å². The molecule has 0 saturated heterocycles. The molecule has 1 heterocycles. The summed E-state index contributed by atoms with van der Waals surface area (Å²) in [6.45, 7) is 0.717. The first-order valence-electron chi connectivity index (χ1n) is 7.51. The second-order valence-electron chi connectivity index (χ2n) is 5.54. The number of nitrogens with two attached hydrogens (primary N) is 2. The van der Waals surface area contributed by atoms with Gasteiger partial charge >= 0.3 is 0 Å². The Balaban J connectivity index is 1.93. The van der Waals surface area contributed by atoms with E-state index < -0.39 is 0 Å². The van der Waals surface area contributed by atoms with Crippen molar-refractivity contribution < 1.29 is 0 Å². The molecule has 1 fully saturated rings. The van der Waals surface area contributed by atoms with E-state index in [0.717, 1.165) is 43.6 Å². The largest absolute Gasteiger partial charge is 0.393 e. The van der Waals surface area contributed by atoms with E-state index >= 15 is 0 Å². The molecule has 1 aromatic heterocycles. The summed E-state index contributed by atoms with van der Waals surface area (Å²) in [7, 11) is 1.86. The van der Waals surface area contributed by atoms with Crippen LogP contribution in [0.3, 0.4) is 0 Å². The van der Waals surface area contributed by atoms with Gasteiger partial charge < -0.3 is 27.4 Å². The summed E-state index contributed by atoms with van der Waals surface area (Å²) in [5.74, 6) is 1.40. The predicted octanol–water partition coefficient (Wildman–Crippen LogP) is 1.13. The molecule has 0 unspecified atom stereocenters. The van der Waals surface area contributed by atoms with E-state index in [2.05, 4.69) is 20.9 Å². The monoisotopic (exact) mass is 290 g/mol. The Bertz CT molecular complexity index is 465. The second kappa shape index (κ2) is 7.73. The number of anilines is 2. The minimum Gasteiger partial charge on any atom is -0.393 e. The van der Waals surface area contributed by atoms with Crippen LogP contribution >= 0.6 is 0 Å². The molecule has 0 atom stereocenters. The average molecular weight is 290 g/mol. The number of hydrogen-bond acceptors (Lipinski definition) is 6. The van der Waals surface area contributed by atoms with E-state index in [-0.39, 0.29) is 0 Å². The van der Waals surface area contributed by atoms with Gasteiger partial charge in [0.05, 0.1) is 0 Å². The average Bonchev–Trinajstić information content (AvgIpc) is 2.46. The van der Waals surface area contributed by atoms with Crippen LogP contribution in [-0.4, -0.2) is 24.1 Å². The number of nitrogens with zero attached hydrogens (tertiary/aromatic N) is 1. The molecular weight excluding hydrogens is 264 g/mol. The van der Waals surface area contributed by atoms with Crippen molar-refractivity contribution in [1.82, 2.24) is 15.6 Å². The fraction of sp³-hybridized carbons (Fsp3) is 0.533. The molecule has 0 aliphatic heterocycles. The van der Waals surface area contributed by atoms with Crippen LogP contribution in [0.25, 0.3) is 0 Å². The van der Waals surface area contributed by atoms with E-state index in [4.69, 9.17) is 11.5 Å². The van der Waals surface area contributed by atoms with Crippen molar-refractivity contribution in [1.29, 1.82) is 0 Å². The van der Waals surface area contributed by atoms with Gasteiger partial charge in [-0.25, -0.2) is 4.98 Å². The summed E-state index contributed by atoms with van der Waals surface area (Å²) in [5.41, 5.74) is 12.9. The first-order valence-corrected chi connectivity index (χ1v) is 7.51. The smallest absolute Gasteiger partial charge is 0.128 e. The van der Waals surface area contributed by atoms with Crippen LogP contribution < -0.4 is 27.4 Å². The van der Waals surface area contributed by atoms with Gasteiger partial charge in [0.1, 0.15) is 11.6 Å². The van der Waals surface area contributed by atoms with Gasteiger partial charge in [0.15, 0.2) is 0 Å². The number of hydrogen-bond donors (Lipinski definition) is 5. The third kappa shape index (κ3) is 5.15. The third-order valence-electron chi connectivity index (χ3n) is 3.70. The Kier molecular flexibility index (Phi) is 5.68. The highest BCUT2D eigenvalue weighted by molar-refractivity contribution is 5.47. The summed E-state index contributed by atoms with van der Waals surface area (Å²) < 4.78 is 0. The zero-order valence-electron chi connectivity index (χ0n) is 12.6. The maximum atomic E-state index is 5.93. The molecule has 116 valence electrons. The molecule has 0 radical (unpaired) electrons. The van der Waals surface area contributed by atoms with E-state index in [1.54, 1.807) is 0 Å². The van der Waals surface area contributed by atoms with Crippen LogP contribution in [0.4, 0.5) is 11.6 Å². The zero-order valence-corrected chi connectivity index (χ0v) is 12.6. The van der Waals surface area contributed by atoms with Crippen molar-refractivity contribution in [2.45, 2.75) is 44.3 Å². The maximum Gasteiger partial charge on any atom is 0.128 e. The standard InChI is InChI=1S/C15H26N6/c1-18-6-7-19-10-11-8-14(17)21-15(9-11)20-13-4-2-12(16)3-5-13/h6-9,12-13,18-19H,2-5,10,16H2,1H3,(H3,17,20,21)/b7-6-. The highest BCUT2D eigenvalue weighted by Gasteiger charge is 2.18. The van der Waals surface area contributed by atoms with Gasteiger partial charge in [0, 0.05) is 38.1 Å². The highest BCUT2D eigenvalue weighted by Crippen LogP contribution is 2.21. The first kappa shape index (κ1) is 15.4. The molecule has 2 rings (SSSR count). The lowest BCUT2D eigenvalue weighted by Crippen LogP contribution is -2.33.